The minimum atomic E-state index is 0.697. The molecule has 4 nitrogen and oxygen atoms in total. The van der Waals surface area contributed by atoms with Crippen LogP contribution in [0.5, 0.6) is 0 Å². The maximum Gasteiger partial charge on any atom is 0.141 e. The van der Waals surface area contributed by atoms with Gasteiger partial charge in [-0.3, -0.25) is 4.90 Å². The topological polar surface area (TPSA) is 34.0 Å². The van der Waals surface area contributed by atoms with Gasteiger partial charge in [-0.05, 0) is 50.6 Å². The van der Waals surface area contributed by atoms with Crippen molar-refractivity contribution in [3.63, 3.8) is 0 Å². The molecule has 1 saturated heterocycles. The highest BCUT2D eigenvalue weighted by Gasteiger charge is 2.23. The molecule has 0 saturated carbocycles. The monoisotopic (exact) mass is 304 g/mol. The van der Waals surface area contributed by atoms with Gasteiger partial charge < -0.3 is 0 Å². The predicted octanol–water partition coefficient (Wildman–Crippen LogP) is 3.35. The van der Waals surface area contributed by atoms with E-state index in [0.717, 1.165) is 18.9 Å². The summed E-state index contributed by atoms with van der Waals surface area (Å²) in [5, 5.41) is 6.47. The summed E-state index contributed by atoms with van der Waals surface area (Å²) >= 11 is 1.88. The molecule has 0 amide bonds. The first kappa shape index (κ1) is 14.7. The van der Waals surface area contributed by atoms with Crippen LogP contribution in [0.25, 0.3) is 0 Å². The number of hydrogen-bond acceptors (Lipinski definition) is 4. The molecule has 0 bridgehead atoms. The lowest BCUT2D eigenvalue weighted by molar-refractivity contribution is 0.127. The van der Waals surface area contributed by atoms with Crippen LogP contribution in [0, 0.1) is 0 Å². The third-order valence-corrected chi connectivity index (χ3v) is 5.33. The molecule has 3 heterocycles. The van der Waals surface area contributed by atoms with E-state index in [0.29, 0.717) is 6.04 Å². The number of likely N-dealkylation sites (tertiary alicyclic amines) is 1. The molecule has 3 rings (SSSR count). The van der Waals surface area contributed by atoms with E-state index >= 15 is 0 Å². The Hall–Kier alpha value is -1.20. The van der Waals surface area contributed by atoms with Gasteiger partial charge in [-0.1, -0.05) is 12.5 Å². The molecule has 0 aliphatic carbocycles. The quantitative estimate of drug-likeness (QED) is 0.821. The zero-order valence-electron chi connectivity index (χ0n) is 12.7. The molecule has 1 atom stereocenters. The van der Waals surface area contributed by atoms with Gasteiger partial charge in [-0.2, -0.15) is 5.10 Å². The van der Waals surface area contributed by atoms with E-state index in [2.05, 4.69) is 39.4 Å². The fourth-order valence-electron chi connectivity index (χ4n) is 3.22. The van der Waals surface area contributed by atoms with Gasteiger partial charge in [-0.15, -0.1) is 11.3 Å². The summed E-state index contributed by atoms with van der Waals surface area (Å²) in [7, 11) is 0. The van der Waals surface area contributed by atoms with Gasteiger partial charge in [0.05, 0.1) is 6.54 Å². The van der Waals surface area contributed by atoms with Crippen LogP contribution in [0.2, 0.25) is 0 Å². The van der Waals surface area contributed by atoms with Crippen molar-refractivity contribution in [2.24, 2.45) is 0 Å². The molecule has 0 aromatic carbocycles. The summed E-state index contributed by atoms with van der Waals surface area (Å²) in [5.41, 5.74) is 0. The Morgan fingerprint density at radius 1 is 1.38 bits per heavy atom. The normalized spacial score (nSPS) is 20.0. The first-order valence-electron chi connectivity index (χ1n) is 8.00. The van der Waals surface area contributed by atoms with E-state index in [1.54, 1.807) is 6.33 Å². The van der Waals surface area contributed by atoms with Crippen molar-refractivity contribution in [3.05, 3.63) is 34.5 Å². The lowest BCUT2D eigenvalue weighted by Crippen LogP contribution is -2.39. The highest BCUT2D eigenvalue weighted by molar-refractivity contribution is 7.09. The Morgan fingerprint density at radius 3 is 3.14 bits per heavy atom. The van der Waals surface area contributed by atoms with E-state index in [1.807, 2.05) is 16.0 Å². The average Bonchev–Trinajstić information content (AvgIpc) is 3.17. The maximum atomic E-state index is 4.44. The summed E-state index contributed by atoms with van der Waals surface area (Å²) in [5.74, 6) is 1.11. The third-order valence-electron chi connectivity index (χ3n) is 4.39. The predicted molar refractivity (Wildman–Crippen MR) is 86.4 cm³/mol. The minimum absolute atomic E-state index is 0.697. The number of rotatable bonds is 6. The second kappa shape index (κ2) is 7.18. The van der Waals surface area contributed by atoms with Gasteiger partial charge in [0.15, 0.2) is 0 Å². The number of aromatic nitrogens is 3. The number of thiophene rings is 1. The van der Waals surface area contributed by atoms with E-state index in [1.165, 1.54) is 43.5 Å². The molecule has 1 aliphatic heterocycles. The largest absolute Gasteiger partial charge is 0.293 e. The molecule has 5 heteroatoms. The standard InChI is InChI=1S/C16H24N4S/c1-2-20-16(17-13-18-20)12-19-10-4-3-6-14(19)8-9-15-7-5-11-21-15/h5,7,11,13-14H,2-4,6,8-10,12H2,1H3. The van der Waals surface area contributed by atoms with E-state index in [9.17, 15) is 0 Å². The average molecular weight is 304 g/mol. The first-order valence-corrected chi connectivity index (χ1v) is 8.88. The van der Waals surface area contributed by atoms with Crippen molar-refractivity contribution < 1.29 is 0 Å². The SMILES string of the molecule is CCn1ncnc1CN1CCCCC1CCc1cccs1. The van der Waals surface area contributed by atoms with Gasteiger partial charge >= 0.3 is 0 Å². The fourth-order valence-corrected chi connectivity index (χ4v) is 3.94. The summed E-state index contributed by atoms with van der Waals surface area (Å²) in [6, 6.07) is 5.11. The Balaban J connectivity index is 1.61. The fraction of sp³-hybridized carbons (Fsp3) is 0.625. The zero-order valence-corrected chi connectivity index (χ0v) is 13.6. The number of piperidine rings is 1. The van der Waals surface area contributed by atoms with Crippen molar-refractivity contribution in [1.29, 1.82) is 0 Å². The van der Waals surface area contributed by atoms with Gasteiger partial charge in [0.1, 0.15) is 12.2 Å². The van der Waals surface area contributed by atoms with Crippen molar-refractivity contribution in [2.75, 3.05) is 6.54 Å². The van der Waals surface area contributed by atoms with E-state index < -0.39 is 0 Å². The molecule has 1 aliphatic rings. The Kier molecular flexibility index (Phi) is 5.04. The van der Waals surface area contributed by atoms with Gasteiger partial charge in [0.25, 0.3) is 0 Å². The van der Waals surface area contributed by atoms with Crippen LogP contribution >= 0.6 is 11.3 Å². The number of aryl methyl sites for hydroxylation is 2. The lowest BCUT2D eigenvalue weighted by atomic mass is 9.97. The maximum absolute atomic E-state index is 4.44. The van der Waals surface area contributed by atoms with Crippen LogP contribution in [0.3, 0.4) is 0 Å². The molecule has 0 spiro atoms. The minimum Gasteiger partial charge on any atom is -0.293 e. The molecule has 114 valence electrons. The molecule has 2 aromatic rings. The summed E-state index contributed by atoms with van der Waals surface area (Å²) in [4.78, 5) is 8.57. The molecule has 0 radical (unpaired) electrons. The van der Waals surface area contributed by atoms with Gasteiger partial charge in [-0.25, -0.2) is 9.67 Å². The first-order chi connectivity index (χ1) is 10.4. The Labute approximate surface area is 130 Å². The summed E-state index contributed by atoms with van der Waals surface area (Å²) in [6.45, 7) is 5.18. The highest BCUT2D eigenvalue weighted by atomic mass is 32.1. The molecular formula is C16H24N4S. The molecule has 1 fully saturated rings. The highest BCUT2D eigenvalue weighted by Crippen LogP contribution is 2.24. The van der Waals surface area contributed by atoms with Crippen LogP contribution in [0.4, 0.5) is 0 Å². The summed E-state index contributed by atoms with van der Waals surface area (Å²) < 4.78 is 2.02. The molecule has 2 aromatic heterocycles. The van der Waals surface area contributed by atoms with Crippen molar-refractivity contribution in [3.8, 4) is 0 Å². The van der Waals surface area contributed by atoms with Crippen LogP contribution in [0.1, 0.15) is 43.3 Å². The summed E-state index contributed by atoms with van der Waals surface area (Å²) in [6.07, 6.45) is 8.16. The second-order valence-electron chi connectivity index (χ2n) is 5.73. The lowest BCUT2D eigenvalue weighted by Gasteiger charge is -2.35. The van der Waals surface area contributed by atoms with Crippen molar-refractivity contribution >= 4 is 11.3 Å². The number of nitrogens with zero attached hydrogens (tertiary/aromatic N) is 4. The van der Waals surface area contributed by atoms with Crippen molar-refractivity contribution in [2.45, 2.75) is 58.2 Å². The third kappa shape index (κ3) is 3.71. The second-order valence-corrected chi connectivity index (χ2v) is 6.76. The van der Waals surface area contributed by atoms with Gasteiger partial charge in [0.2, 0.25) is 0 Å². The Morgan fingerprint density at radius 2 is 2.33 bits per heavy atom. The van der Waals surface area contributed by atoms with Crippen LogP contribution in [-0.4, -0.2) is 32.3 Å². The molecular weight excluding hydrogens is 280 g/mol. The number of hydrogen-bond donors (Lipinski definition) is 0. The van der Waals surface area contributed by atoms with Crippen LogP contribution in [0.15, 0.2) is 23.8 Å². The van der Waals surface area contributed by atoms with E-state index in [4.69, 9.17) is 0 Å². The molecule has 0 N–H and O–H groups in total. The van der Waals surface area contributed by atoms with Crippen molar-refractivity contribution in [1.82, 2.24) is 19.7 Å². The zero-order chi connectivity index (χ0) is 14.5. The molecule has 1 unspecified atom stereocenters. The van der Waals surface area contributed by atoms with Crippen LogP contribution < -0.4 is 0 Å². The van der Waals surface area contributed by atoms with Gasteiger partial charge in [0, 0.05) is 17.5 Å². The molecule has 21 heavy (non-hydrogen) atoms. The Bertz CT molecular complexity index is 534. The van der Waals surface area contributed by atoms with E-state index in [-0.39, 0.29) is 0 Å². The smallest absolute Gasteiger partial charge is 0.141 e. The van der Waals surface area contributed by atoms with Crippen LogP contribution in [-0.2, 0) is 19.5 Å².